The highest BCUT2D eigenvalue weighted by Gasteiger charge is 2.48. The number of carbonyl (C=O) groups is 1. The molecule has 2 fully saturated rings. The van der Waals surface area contributed by atoms with Gasteiger partial charge in [-0.15, -0.1) is 11.8 Å². The summed E-state index contributed by atoms with van der Waals surface area (Å²) in [6, 6.07) is -1.20. The number of nitrogens with zero attached hydrogens (tertiary/aromatic N) is 1. The molecule has 0 aliphatic carbocycles. The van der Waals surface area contributed by atoms with E-state index >= 15 is 0 Å². The summed E-state index contributed by atoms with van der Waals surface area (Å²) in [5.41, 5.74) is -0.755. The Morgan fingerprint density at radius 2 is 1.96 bits per heavy atom. The van der Waals surface area contributed by atoms with Gasteiger partial charge in [-0.3, -0.25) is 9.69 Å². The van der Waals surface area contributed by atoms with Crippen LogP contribution in [0, 0.1) is 5.92 Å². The minimum atomic E-state index is -1.42. The monoisotopic (exact) mass is 406 g/mol. The number of rotatable bonds is 7. The molecular formula is C18H34N2O6S. The van der Waals surface area contributed by atoms with Crippen LogP contribution in [0.5, 0.6) is 0 Å². The van der Waals surface area contributed by atoms with E-state index in [-0.39, 0.29) is 11.9 Å². The molecule has 27 heavy (non-hydrogen) atoms. The highest BCUT2D eigenvalue weighted by Crippen LogP contribution is 2.30. The molecule has 0 aromatic rings. The number of likely N-dealkylation sites (tertiary alicyclic amines) is 1. The molecule has 0 radical (unpaired) electrons. The largest absolute Gasteiger partial charge is 0.391 e. The maximum Gasteiger partial charge on any atom is 0.237 e. The van der Waals surface area contributed by atoms with Crippen molar-refractivity contribution in [1.29, 1.82) is 0 Å². The summed E-state index contributed by atoms with van der Waals surface area (Å²) in [6.45, 7) is 4.48. The fourth-order valence-corrected chi connectivity index (χ4v) is 4.81. The molecule has 2 saturated heterocycles. The first-order valence-electron chi connectivity index (χ1n) is 9.62. The second kappa shape index (κ2) is 9.87. The van der Waals surface area contributed by atoms with Crippen LogP contribution in [0.4, 0.5) is 0 Å². The van der Waals surface area contributed by atoms with Gasteiger partial charge in [0.15, 0.2) is 0 Å². The SMILES string of the molecule is CCC[C@@H]1C[C@H](C(=O)N[C@@H]([C@@H]2O[C@H](SC)[C@H](O)[C@@H](O)[C@@H]2O)[C@H](C)O)N(C)C1. The first kappa shape index (κ1) is 22.9. The molecule has 2 rings (SSSR count). The van der Waals surface area contributed by atoms with Crippen LogP contribution in [0.3, 0.4) is 0 Å². The fraction of sp³-hybridized carbons (Fsp3) is 0.944. The maximum atomic E-state index is 12.8. The van der Waals surface area contributed by atoms with E-state index in [2.05, 4.69) is 12.2 Å². The van der Waals surface area contributed by atoms with Gasteiger partial charge in [-0.05, 0) is 39.0 Å². The van der Waals surface area contributed by atoms with E-state index in [0.717, 1.165) is 25.8 Å². The lowest BCUT2D eigenvalue weighted by Crippen LogP contribution is -2.65. The highest BCUT2D eigenvalue weighted by atomic mass is 32.2. The first-order valence-corrected chi connectivity index (χ1v) is 10.9. The van der Waals surface area contributed by atoms with Gasteiger partial charge in [-0.2, -0.15) is 0 Å². The lowest BCUT2D eigenvalue weighted by atomic mass is 9.92. The molecule has 0 saturated carbocycles. The number of carbonyl (C=O) groups excluding carboxylic acids is 1. The molecule has 9 atom stereocenters. The normalized spacial score (nSPS) is 39.9. The molecular weight excluding hydrogens is 372 g/mol. The number of nitrogens with one attached hydrogen (secondary N) is 1. The van der Waals surface area contributed by atoms with Crippen molar-refractivity contribution >= 4 is 17.7 Å². The van der Waals surface area contributed by atoms with Gasteiger partial charge in [0.05, 0.1) is 18.2 Å². The van der Waals surface area contributed by atoms with E-state index < -0.39 is 42.0 Å². The Labute approximate surface area is 165 Å². The van der Waals surface area contributed by atoms with Gasteiger partial charge in [0.1, 0.15) is 29.9 Å². The van der Waals surface area contributed by atoms with Crippen LogP contribution in [-0.4, -0.2) is 99.1 Å². The lowest BCUT2D eigenvalue weighted by molar-refractivity contribution is -0.211. The average molecular weight is 407 g/mol. The molecule has 158 valence electrons. The Kier molecular flexibility index (Phi) is 8.35. The number of hydrogen-bond acceptors (Lipinski definition) is 8. The molecule has 0 aromatic heterocycles. The number of aliphatic hydroxyl groups excluding tert-OH is 4. The third kappa shape index (κ3) is 5.14. The molecule has 5 N–H and O–H groups in total. The molecule has 2 heterocycles. The highest BCUT2D eigenvalue weighted by molar-refractivity contribution is 7.99. The predicted molar refractivity (Wildman–Crippen MR) is 103 cm³/mol. The Morgan fingerprint density at radius 1 is 1.30 bits per heavy atom. The molecule has 0 bridgehead atoms. The Balaban J connectivity index is 2.09. The zero-order chi connectivity index (χ0) is 20.3. The predicted octanol–water partition coefficient (Wildman–Crippen LogP) is -0.857. The minimum absolute atomic E-state index is 0.223. The Hall–Kier alpha value is -0.420. The summed E-state index contributed by atoms with van der Waals surface area (Å²) < 4.78 is 5.72. The molecule has 8 nitrogen and oxygen atoms in total. The van der Waals surface area contributed by atoms with E-state index in [1.807, 2.05) is 11.9 Å². The summed E-state index contributed by atoms with van der Waals surface area (Å²) in [6.07, 6.45) is -1.50. The fourth-order valence-electron chi connectivity index (χ4n) is 4.13. The summed E-state index contributed by atoms with van der Waals surface area (Å²) in [5.74, 6) is 0.245. The van der Waals surface area contributed by atoms with Crippen LogP contribution in [-0.2, 0) is 9.53 Å². The van der Waals surface area contributed by atoms with Crippen LogP contribution in [0.25, 0.3) is 0 Å². The van der Waals surface area contributed by atoms with Crippen molar-refractivity contribution in [3.05, 3.63) is 0 Å². The standard InChI is InChI=1S/C18H34N2O6S/c1-5-6-10-7-11(20(3)8-10)17(25)19-12(9(2)21)16-14(23)13(22)15(24)18(26-16)27-4/h9-16,18,21-24H,5-8H2,1-4H3,(H,19,25)/t9-,10+,11+,12+,13-,14-,15+,16-,18+/m0/s1. The lowest BCUT2D eigenvalue weighted by Gasteiger charge is -2.44. The quantitative estimate of drug-likeness (QED) is 0.370. The van der Waals surface area contributed by atoms with E-state index in [1.54, 1.807) is 6.26 Å². The van der Waals surface area contributed by atoms with Crippen molar-refractivity contribution in [1.82, 2.24) is 10.2 Å². The molecule has 0 spiro atoms. The van der Waals surface area contributed by atoms with Crippen molar-refractivity contribution in [3.63, 3.8) is 0 Å². The van der Waals surface area contributed by atoms with Crippen LogP contribution in [0.15, 0.2) is 0 Å². The van der Waals surface area contributed by atoms with Crippen molar-refractivity contribution in [2.75, 3.05) is 19.8 Å². The number of ether oxygens (including phenoxy) is 1. The smallest absolute Gasteiger partial charge is 0.237 e. The number of hydrogen-bond donors (Lipinski definition) is 5. The van der Waals surface area contributed by atoms with E-state index in [9.17, 15) is 25.2 Å². The molecule has 9 heteroatoms. The van der Waals surface area contributed by atoms with Gasteiger partial charge in [0.25, 0.3) is 0 Å². The second-order valence-corrected chi connectivity index (χ2v) is 8.73. The Bertz CT molecular complexity index is 494. The van der Waals surface area contributed by atoms with E-state index in [0.29, 0.717) is 5.92 Å². The van der Waals surface area contributed by atoms with E-state index in [1.165, 1.54) is 18.7 Å². The molecule has 0 unspecified atom stereocenters. The zero-order valence-electron chi connectivity index (χ0n) is 16.5. The van der Waals surface area contributed by atoms with Crippen LogP contribution in [0.2, 0.25) is 0 Å². The third-order valence-electron chi connectivity index (χ3n) is 5.66. The van der Waals surface area contributed by atoms with Crippen molar-refractivity contribution in [3.8, 4) is 0 Å². The summed E-state index contributed by atoms with van der Waals surface area (Å²) in [5, 5.41) is 43.5. The summed E-state index contributed by atoms with van der Waals surface area (Å²) in [7, 11) is 1.91. The second-order valence-electron chi connectivity index (χ2n) is 7.80. The van der Waals surface area contributed by atoms with Crippen LogP contribution in [0.1, 0.15) is 33.1 Å². The van der Waals surface area contributed by atoms with Gasteiger partial charge in [0, 0.05) is 6.54 Å². The van der Waals surface area contributed by atoms with Gasteiger partial charge >= 0.3 is 0 Å². The van der Waals surface area contributed by atoms with Crippen LogP contribution < -0.4 is 5.32 Å². The molecule has 2 aliphatic heterocycles. The molecule has 1 amide bonds. The summed E-state index contributed by atoms with van der Waals surface area (Å²) in [4.78, 5) is 14.9. The molecule has 0 aromatic carbocycles. The van der Waals surface area contributed by atoms with Crippen molar-refractivity contribution in [2.45, 2.75) is 81.1 Å². The van der Waals surface area contributed by atoms with Crippen molar-refractivity contribution in [2.24, 2.45) is 5.92 Å². The number of aliphatic hydroxyl groups is 4. The van der Waals surface area contributed by atoms with E-state index in [4.69, 9.17) is 4.74 Å². The van der Waals surface area contributed by atoms with Crippen molar-refractivity contribution < 1.29 is 30.0 Å². The third-order valence-corrected chi connectivity index (χ3v) is 6.51. The number of likely N-dealkylation sites (N-methyl/N-ethyl adjacent to an activating group) is 1. The zero-order valence-corrected chi connectivity index (χ0v) is 17.3. The summed E-state index contributed by atoms with van der Waals surface area (Å²) >= 11 is 1.20. The first-order chi connectivity index (χ1) is 12.7. The Morgan fingerprint density at radius 3 is 2.52 bits per heavy atom. The van der Waals surface area contributed by atoms with Crippen LogP contribution >= 0.6 is 11.8 Å². The topological polar surface area (TPSA) is 122 Å². The number of amides is 1. The molecule has 2 aliphatic rings. The minimum Gasteiger partial charge on any atom is -0.391 e. The van der Waals surface area contributed by atoms with Gasteiger partial charge < -0.3 is 30.5 Å². The average Bonchev–Trinajstić information content (AvgIpc) is 2.99. The maximum absolute atomic E-state index is 12.8. The number of thioether (sulfide) groups is 1. The van der Waals surface area contributed by atoms with Gasteiger partial charge in [0.2, 0.25) is 5.91 Å². The van der Waals surface area contributed by atoms with Gasteiger partial charge in [-0.1, -0.05) is 13.3 Å². The van der Waals surface area contributed by atoms with Gasteiger partial charge in [-0.25, -0.2) is 0 Å².